The molecule has 0 fully saturated rings. The van der Waals surface area contributed by atoms with Gasteiger partial charge in [-0.3, -0.25) is 9.59 Å². The minimum atomic E-state index is -0.659. The third-order valence-electron chi connectivity index (χ3n) is 6.06. The number of pyridine rings is 1. The van der Waals surface area contributed by atoms with Gasteiger partial charge in [0.25, 0.3) is 5.91 Å². The third-order valence-corrected chi connectivity index (χ3v) is 7.45. The summed E-state index contributed by atoms with van der Waals surface area (Å²) >= 11 is 0. The number of benzene rings is 2. The summed E-state index contributed by atoms with van der Waals surface area (Å²) in [7, 11) is 4.10. The van der Waals surface area contributed by atoms with Gasteiger partial charge < -0.3 is 14.4 Å². The Morgan fingerprint density at radius 3 is 2.47 bits per heavy atom. The maximum absolute atomic E-state index is 12.6. The minimum Gasteiger partial charge on any atom is -0.496 e. The second-order valence-corrected chi connectivity index (χ2v) is 14.7. The van der Waals surface area contributed by atoms with Crippen molar-refractivity contribution in [2.24, 2.45) is 0 Å². The number of likely N-dealkylation sites (N-methyl/N-ethyl adjacent to an activating group) is 1. The number of fused-ring (bicyclic) bond motifs is 1. The van der Waals surface area contributed by atoms with Gasteiger partial charge in [-0.2, -0.15) is 5.10 Å². The molecule has 0 aliphatic carbocycles. The zero-order valence-corrected chi connectivity index (χ0v) is 23.5. The number of ketones is 1. The van der Waals surface area contributed by atoms with Gasteiger partial charge in [0.15, 0.2) is 5.65 Å². The average molecular weight is 535 g/mol. The highest BCUT2D eigenvalue weighted by Crippen LogP contribution is 2.36. The number of aromatic nitrogens is 3. The molecule has 38 heavy (non-hydrogen) atoms. The van der Waals surface area contributed by atoms with Gasteiger partial charge in [0.1, 0.15) is 18.2 Å². The van der Waals surface area contributed by atoms with Crippen LogP contribution in [0, 0.1) is 0 Å². The van der Waals surface area contributed by atoms with Gasteiger partial charge in [-0.25, -0.2) is 19.7 Å². The fraction of sp³-hybridized carbons (Fsp3) is 0.310. The molecule has 2 aromatic heterocycles. The molecule has 0 spiro atoms. The molecule has 0 atom stereocenters. The topological polar surface area (TPSA) is 86.5 Å². The quantitative estimate of drug-likeness (QED) is 0.166. The first kappa shape index (κ1) is 27.3. The van der Waals surface area contributed by atoms with Crippen LogP contribution in [0.25, 0.3) is 33.4 Å². The van der Waals surface area contributed by atoms with E-state index in [2.05, 4.69) is 18.8 Å². The summed E-state index contributed by atoms with van der Waals surface area (Å²) in [4.78, 5) is 30.9. The first-order chi connectivity index (χ1) is 18.1. The van der Waals surface area contributed by atoms with Crippen LogP contribution in [0.4, 0.5) is 0 Å². The van der Waals surface area contributed by atoms with E-state index in [0.29, 0.717) is 23.6 Å². The van der Waals surface area contributed by atoms with E-state index in [9.17, 15) is 9.59 Å². The van der Waals surface area contributed by atoms with E-state index in [1.165, 1.54) is 4.90 Å². The van der Waals surface area contributed by atoms with Crippen LogP contribution in [0.15, 0.2) is 60.8 Å². The maximum Gasteiger partial charge on any atom is 0.294 e. The second-order valence-electron chi connectivity index (χ2n) is 10.1. The van der Waals surface area contributed by atoms with Crippen LogP contribution in [-0.2, 0) is 16.3 Å². The van der Waals surface area contributed by atoms with Gasteiger partial charge in [0.2, 0.25) is 5.78 Å². The van der Waals surface area contributed by atoms with Crippen molar-refractivity contribution in [3.05, 3.63) is 66.4 Å². The lowest BCUT2D eigenvalue weighted by Crippen LogP contribution is -2.29. The summed E-state index contributed by atoms with van der Waals surface area (Å²) in [6.07, 6.45) is 8.55. The Kier molecular flexibility index (Phi) is 8.18. The van der Waals surface area contributed by atoms with Crippen LogP contribution in [0.3, 0.4) is 0 Å². The zero-order valence-electron chi connectivity index (χ0n) is 22.7. The van der Waals surface area contributed by atoms with E-state index in [1.807, 2.05) is 36.4 Å². The lowest BCUT2D eigenvalue weighted by Gasteiger charge is -2.24. The van der Waals surface area contributed by atoms with Crippen LogP contribution in [0.2, 0.25) is 0 Å². The molecule has 0 aliphatic rings. The molecule has 4 aromatic rings. The minimum absolute atomic E-state index is 0.282. The number of hydrogen-bond donors (Lipinski definition) is 0. The molecular weight excluding hydrogens is 500 g/mol. The molecule has 2 aromatic carbocycles. The van der Waals surface area contributed by atoms with Crippen LogP contribution in [0.1, 0.15) is 10.4 Å². The number of nitrogens with zero attached hydrogens (tertiary/aromatic N) is 4. The molecule has 0 bridgehead atoms. The fourth-order valence-corrected chi connectivity index (χ4v) is 4.59. The highest BCUT2D eigenvalue weighted by Gasteiger charge is 2.20. The molecule has 200 valence electrons. The number of methoxy groups -OCH3 is 1. The number of hydrogen-bond acceptors (Lipinski definition) is 6. The Morgan fingerprint density at radius 2 is 1.76 bits per heavy atom. The van der Waals surface area contributed by atoms with Crippen LogP contribution in [-0.4, -0.2) is 83.7 Å². The number of amides is 1. The van der Waals surface area contributed by atoms with E-state index in [4.69, 9.17) is 19.6 Å². The lowest BCUT2D eigenvalue weighted by atomic mass is 10.0. The van der Waals surface area contributed by atoms with Gasteiger partial charge in [0.05, 0.1) is 13.7 Å². The predicted octanol–water partition coefficient (Wildman–Crippen LogP) is 4.71. The molecule has 0 N–H and O–H groups in total. The highest BCUT2D eigenvalue weighted by molar-refractivity contribution is 8.32. The molecule has 9 heteroatoms. The molecule has 0 saturated carbocycles. The Balaban J connectivity index is 1.77. The Morgan fingerprint density at radius 1 is 1.00 bits per heavy atom. The molecule has 0 aliphatic heterocycles. The third kappa shape index (κ3) is 6.06. The Bertz CT molecular complexity index is 1470. The molecule has 0 unspecified atom stereocenters. The monoisotopic (exact) mass is 534 g/mol. The number of para-hydroxylation sites is 1. The zero-order chi connectivity index (χ0) is 27.4. The van der Waals surface area contributed by atoms with Crippen LogP contribution < -0.4 is 4.74 Å². The molecule has 1 amide bonds. The summed E-state index contributed by atoms with van der Waals surface area (Å²) in [5.41, 5.74) is 4.17. The fourth-order valence-electron chi connectivity index (χ4n) is 3.97. The standard InChI is InChI=1S/C29H34N4O4S/c1-32(2)29(35)27(34)21-11-9-10-20(16-21)22-17-24-26(23-12-7-8-13-25(23)36-3)31-33(28(24)30-18-22)19-37-14-15-38(4,5)6/h7-13,16-18H,14-15,19H2,1-6H3. The van der Waals surface area contributed by atoms with E-state index < -0.39 is 21.7 Å². The molecule has 4 rings (SSSR count). The Hall–Kier alpha value is -3.69. The molecule has 0 saturated heterocycles. The lowest BCUT2D eigenvalue weighted by molar-refractivity contribution is -0.124. The van der Waals surface area contributed by atoms with Crippen LogP contribution in [0.5, 0.6) is 5.75 Å². The smallest absolute Gasteiger partial charge is 0.294 e. The van der Waals surface area contributed by atoms with E-state index in [1.54, 1.807) is 50.3 Å². The number of ether oxygens (including phenoxy) is 2. The number of rotatable bonds is 10. The number of carbonyl (C=O) groups excluding carboxylic acids is 2. The van der Waals surface area contributed by atoms with Gasteiger partial charge in [-0.1, -0.05) is 30.3 Å². The maximum atomic E-state index is 12.6. The predicted molar refractivity (Wildman–Crippen MR) is 154 cm³/mol. The molecule has 0 radical (unpaired) electrons. The van der Waals surface area contributed by atoms with Crippen molar-refractivity contribution in [2.45, 2.75) is 6.73 Å². The molecule has 2 heterocycles. The van der Waals surface area contributed by atoms with E-state index >= 15 is 0 Å². The summed E-state index contributed by atoms with van der Waals surface area (Å²) in [5.74, 6) is 0.594. The summed E-state index contributed by atoms with van der Waals surface area (Å²) < 4.78 is 13.4. The van der Waals surface area contributed by atoms with Crippen LogP contribution >= 0.6 is 10.0 Å². The van der Waals surface area contributed by atoms with Crippen molar-refractivity contribution in [2.75, 3.05) is 52.3 Å². The summed E-state index contributed by atoms with van der Waals surface area (Å²) in [6.45, 7) is 0.929. The average Bonchev–Trinajstić information content (AvgIpc) is 3.27. The van der Waals surface area contributed by atoms with E-state index in [-0.39, 0.29) is 6.73 Å². The van der Waals surface area contributed by atoms with Crippen molar-refractivity contribution in [1.82, 2.24) is 19.7 Å². The van der Waals surface area contributed by atoms with Crippen molar-refractivity contribution >= 4 is 32.8 Å². The van der Waals surface area contributed by atoms with Crippen molar-refractivity contribution in [1.29, 1.82) is 0 Å². The van der Waals surface area contributed by atoms with Crippen molar-refractivity contribution in [3.8, 4) is 28.1 Å². The highest BCUT2D eigenvalue weighted by atomic mass is 32.3. The largest absolute Gasteiger partial charge is 0.496 e. The summed E-state index contributed by atoms with van der Waals surface area (Å²) in [6, 6.07) is 16.8. The van der Waals surface area contributed by atoms with Gasteiger partial charge in [0, 0.05) is 48.1 Å². The van der Waals surface area contributed by atoms with Gasteiger partial charge >= 0.3 is 0 Å². The molecule has 8 nitrogen and oxygen atoms in total. The normalized spacial score (nSPS) is 11.9. The first-order valence-electron chi connectivity index (χ1n) is 12.2. The second kappa shape index (κ2) is 11.4. The molecular formula is C29H34N4O4S. The number of Topliss-reactive ketones (excluding diaryl/α,β-unsaturated/α-hetero) is 1. The van der Waals surface area contributed by atoms with Gasteiger partial charge in [-0.15, -0.1) is 0 Å². The SMILES string of the molecule is COc1ccccc1-c1nn(COCCS(C)(C)C)c2ncc(-c3cccc(C(=O)C(=O)N(C)C)c3)cc12. The van der Waals surface area contributed by atoms with Crippen molar-refractivity contribution < 1.29 is 19.1 Å². The Labute approximate surface area is 224 Å². The number of carbonyl (C=O) groups is 2. The first-order valence-corrected chi connectivity index (χ1v) is 15.2. The van der Waals surface area contributed by atoms with Gasteiger partial charge in [-0.05, 0) is 48.6 Å². The van der Waals surface area contributed by atoms with Crippen molar-refractivity contribution in [3.63, 3.8) is 0 Å². The summed E-state index contributed by atoms with van der Waals surface area (Å²) in [5, 5.41) is 5.71. The van der Waals surface area contributed by atoms with E-state index in [0.717, 1.165) is 33.5 Å².